The topological polar surface area (TPSA) is 63.6 Å². The Hall–Kier alpha value is -0.900. The van der Waals surface area contributed by atoms with Gasteiger partial charge in [0, 0.05) is 17.8 Å². The van der Waals surface area contributed by atoms with Gasteiger partial charge in [-0.2, -0.15) is 0 Å². The van der Waals surface area contributed by atoms with Crippen LogP contribution in [0.1, 0.15) is 85.0 Å². The molecule has 0 aliphatic heterocycles. The third kappa shape index (κ3) is 3.11. The maximum atomic E-state index is 13.8. The van der Waals surface area contributed by atoms with Crippen LogP contribution < -0.4 is 0 Å². The van der Waals surface area contributed by atoms with E-state index in [0.717, 1.165) is 19.3 Å². The molecule has 0 heterocycles. The van der Waals surface area contributed by atoms with Gasteiger partial charge in [0.05, 0.1) is 7.11 Å². The van der Waals surface area contributed by atoms with Gasteiger partial charge in [-0.3, -0.25) is 9.59 Å². The molecule has 4 heteroatoms. The maximum absolute atomic E-state index is 13.8. The summed E-state index contributed by atoms with van der Waals surface area (Å²) in [7, 11) is 1.43. The first-order valence-electron chi connectivity index (χ1n) is 12.0. The van der Waals surface area contributed by atoms with Crippen LogP contribution in [0.4, 0.5) is 0 Å². The number of hydrogen-bond donors (Lipinski definition) is 1. The lowest BCUT2D eigenvalue weighted by atomic mass is 9.43. The summed E-state index contributed by atoms with van der Waals surface area (Å²) in [5.74, 6) is 2.20. The summed E-state index contributed by atoms with van der Waals surface area (Å²) in [4.78, 5) is 25.4. The van der Waals surface area contributed by atoms with Crippen molar-refractivity contribution in [3.05, 3.63) is 0 Å². The minimum atomic E-state index is -0.805. The predicted molar refractivity (Wildman–Crippen MR) is 112 cm³/mol. The molecule has 0 unspecified atom stereocenters. The normalized spacial score (nSPS) is 47.7. The minimum Gasteiger partial charge on any atom is -0.469 e. The van der Waals surface area contributed by atoms with Crippen molar-refractivity contribution in [2.45, 2.75) is 91.1 Å². The van der Waals surface area contributed by atoms with Gasteiger partial charge in [0.25, 0.3) is 0 Å². The summed E-state index contributed by atoms with van der Waals surface area (Å²) in [6, 6.07) is 0. The van der Waals surface area contributed by atoms with E-state index < -0.39 is 11.5 Å². The summed E-state index contributed by atoms with van der Waals surface area (Å²) in [5, 5.41) is 11.4. The summed E-state index contributed by atoms with van der Waals surface area (Å²) in [6.45, 7) is 6.73. The van der Waals surface area contributed by atoms with Gasteiger partial charge in [0.2, 0.25) is 0 Å². The minimum absolute atomic E-state index is 0.114. The van der Waals surface area contributed by atoms with Crippen LogP contribution in [0.25, 0.3) is 0 Å². The van der Waals surface area contributed by atoms with Crippen molar-refractivity contribution < 1.29 is 19.4 Å². The zero-order valence-electron chi connectivity index (χ0n) is 18.8. The van der Waals surface area contributed by atoms with Gasteiger partial charge in [0.15, 0.2) is 5.78 Å². The largest absolute Gasteiger partial charge is 0.469 e. The lowest BCUT2D eigenvalue weighted by Crippen LogP contribution is -2.63. The zero-order chi connectivity index (χ0) is 21.0. The van der Waals surface area contributed by atoms with Crippen molar-refractivity contribution in [1.82, 2.24) is 0 Å². The first kappa shape index (κ1) is 21.3. The number of methoxy groups -OCH3 is 1. The number of carbonyl (C=O) groups is 2. The molecule has 0 aromatic carbocycles. The lowest BCUT2D eigenvalue weighted by molar-refractivity contribution is -0.184. The van der Waals surface area contributed by atoms with Crippen LogP contribution in [0.2, 0.25) is 0 Å². The van der Waals surface area contributed by atoms with Crippen molar-refractivity contribution in [3.63, 3.8) is 0 Å². The number of hydrogen-bond acceptors (Lipinski definition) is 4. The molecule has 0 amide bonds. The van der Waals surface area contributed by atoms with E-state index in [4.69, 9.17) is 4.74 Å². The molecule has 0 bridgehead atoms. The number of ether oxygens (including phenoxy) is 1. The second kappa shape index (κ2) is 7.66. The van der Waals surface area contributed by atoms with E-state index in [1.165, 1.54) is 45.6 Å². The highest BCUT2D eigenvalue weighted by atomic mass is 16.5. The van der Waals surface area contributed by atoms with Crippen LogP contribution in [-0.4, -0.2) is 30.1 Å². The summed E-state index contributed by atoms with van der Waals surface area (Å²) >= 11 is 0. The van der Waals surface area contributed by atoms with Gasteiger partial charge in [0.1, 0.15) is 6.10 Å². The molecule has 4 rings (SSSR count). The Kier molecular flexibility index (Phi) is 5.63. The van der Waals surface area contributed by atoms with Crippen LogP contribution in [0, 0.1) is 46.3 Å². The zero-order valence-corrected chi connectivity index (χ0v) is 18.8. The number of fused-ring (bicyclic) bond motifs is 5. The van der Waals surface area contributed by atoms with Gasteiger partial charge in [-0.25, -0.2) is 0 Å². The van der Waals surface area contributed by atoms with Crippen molar-refractivity contribution in [1.29, 1.82) is 0 Å². The molecule has 164 valence electrons. The molecule has 0 saturated heterocycles. The molecule has 4 nitrogen and oxygen atoms in total. The Morgan fingerprint density at radius 2 is 1.93 bits per heavy atom. The van der Waals surface area contributed by atoms with Gasteiger partial charge < -0.3 is 9.84 Å². The van der Waals surface area contributed by atoms with Gasteiger partial charge >= 0.3 is 5.97 Å². The van der Waals surface area contributed by atoms with Crippen molar-refractivity contribution in [2.75, 3.05) is 7.11 Å². The Morgan fingerprint density at radius 3 is 2.66 bits per heavy atom. The first-order chi connectivity index (χ1) is 13.7. The molecule has 9 atom stereocenters. The standard InChI is InChI=1S/C25H40O4/c1-15(8-13-20(26)29-4)18-11-12-19-17-10-9-16-7-5-6-14-24(16,2)21(17)22(27)23(28)25(18,19)3/h15-19,21-22,27H,5-14H2,1-4H3/t15-,16+,17-,18-,19+,21-,22+,24-,25+/m0/s1. The third-order valence-corrected chi connectivity index (χ3v) is 10.2. The van der Waals surface area contributed by atoms with E-state index in [-0.39, 0.29) is 29.0 Å². The van der Waals surface area contributed by atoms with E-state index in [1.807, 2.05) is 0 Å². The lowest BCUT2D eigenvalue weighted by Gasteiger charge is -2.61. The average Bonchev–Trinajstić information content (AvgIpc) is 3.07. The van der Waals surface area contributed by atoms with E-state index in [0.29, 0.717) is 30.1 Å². The Bertz CT molecular complexity index is 659. The number of carbonyl (C=O) groups excluding carboxylic acids is 2. The number of ketones is 1. The SMILES string of the molecule is COC(=O)CC[C@H](C)[C@@H]1CC[C@@H]2[C@@H]3CC[C@H]4CCCC[C@]4(C)[C@@H]3[C@@H](O)C(=O)[C@@]21C. The van der Waals surface area contributed by atoms with Crippen LogP contribution in [0.5, 0.6) is 0 Å². The van der Waals surface area contributed by atoms with E-state index >= 15 is 0 Å². The van der Waals surface area contributed by atoms with Crippen molar-refractivity contribution >= 4 is 11.8 Å². The predicted octanol–water partition coefficient (Wildman–Crippen LogP) is 4.77. The molecule has 0 radical (unpaired) electrons. The maximum Gasteiger partial charge on any atom is 0.305 e. The number of rotatable bonds is 4. The number of esters is 1. The fraction of sp³-hybridized carbons (Fsp3) is 0.920. The summed E-state index contributed by atoms with van der Waals surface area (Å²) < 4.78 is 4.82. The fourth-order valence-electron chi connectivity index (χ4n) is 8.72. The fourth-order valence-corrected chi connectivity index (χ4v) is 8.72. The molecule has 0 aromatic heterocycles. The highest BCUT2D eigenvalue weighted by Gasteiger charge is 2.66. The van der Waals surface area contributed by atoms with Crippen molar-refractivity contribution in [3.8, 4) is 0 Å². The summed E-state index contributed by atoms with van der Waals surface area (Å²) in [6.07, 6.45) is 9.97. The first-order valence-corrected chi connectivity index (χ1v) is 12.0. The van der Waals surface area contributed by atoms with Crippen LogP contribution in [0.15, 0.2) is 0 Å². The molecule has 1 N–H and O–H groups in total. The number of aliphatic hydroxyl groups excluding tert-OH is 1. The average molecular weight is 405 g/mol. The van der Waals surface area contributed by atoms with E-state index in [9.17, 15) is 14.7 Å². The monoisotopic (exact) mass is 404 g/mol. The van der Waals surface area contributed by atoms with E-state index in [2.05, 4.69) is 20.8 Å². The third-order valence-electron chi connectivity index (χ3n) is 10.2. The smallest absolute Gasteiger partial charge is 0.305 e. The molecular formula is C25H40O4. The Balaban J connectivity index is 1.60. The molecule has 0 spiro atoms. The Labute approximate surface area is 176 Å². The molecule has 4 fully saturated rings. The van der Waals surface area contributed by atoms with Crippen molar-refractivity contribution in [2.24, 2.45) is 46.3 Å². The summed E-state index contributed by atoms with van der Waals surface area (Å²) in [5.41, 5.74) is -0.305. The molecular weight excluding hydrogens is 364 g/mol. The van der Waals surface area contributed by atoms with Gasteiger partial charge in [-0.05, 0) is 80.0 Å². The number of Topliss-reactive ketones (excluding diaryl/α,β-unsaturated/α-hetero) is 1. The molecule has 4 aliphatic rings. The molecule has 4 aliphatic carbocycles. The van der Waals surface area contributed by atoms with E-state index in [1.54, 1.807) is 0 Å². The van der Waals surface area contributed by atoms with Crippen LogP contribution in [-0.2, 0) is 14.3 Å². The van der Waals surface area contributed by atoms with Crippen LogP contribution >= 0.6 is 0 Å². The van der Waals surface area contributed by atoms with Gasteiger partial charge in [-0.15, -0.1) is 0 Å². The number of aliphatic hydroxyl groups is 1. The molecule has 4 saturated carbocycles. The highest BCUT2D eigenvalue weighted by molar-refractivity contribution is 5.91. The molecule has 0 aromatic rings. The van der Waals surface area contributed by atoms with Crippen LogP contribution in [0.3, 0.4) is 0 Å². The second-order valence-corrected chi connectivity index (χ2v) is 11.2. The van der Waals surface area contributed by atoms with Gasteiger partial charge in [-0.1, -0.05) is 33.6 Å². The Morgan fingerprint density at radius 1 is 1.17 bits per heavy atom. The molecule has 29 heavy (non-hydrogen) atoms. The quantitative estimate of drug-likeness (QED) is 0.685. The second-order valence-electron chi connectivity index (χ2n) is 11.2. The highest BCUT2D eigenvalue weighted by Crippen LogP contribution is 2.67.